The Balaban J connectivity index is 1.55. The van der Waals surface area contributed by atoms with Gasteiger partial charge in [-0.1, -0.05) is 12.1 Å². The van der Waals surface area contributed by atoms with Crippen LogP contribution in [0.25, 0.3) is 17.1 Å². The smallest absolute Gasteiger partial charge is 0.351 e. The van der Waals surface area contributed by atoms with E-state index in [-0.39, 0.29) is 30.1 Å². The van der Waals surface area contributed by atoms with E-state index < -0.39 is 11.5 Å². The van der Waals surface area contributed by atoms with E-state index >= 15 is 0 Å². The van der Waals surface area contributed by atoms with Crippen LogP contribution in [0.15, 0.2) is 47.3 Å². The van der Waals surface area contributed by atoms with Crippen LogP contribution in [-0.4, -0.2) is 83.0 Å². The lowest BCUT2D eigenvalue weighted by Gasteiger charge is -2.35. The Morgan fingerprint density at radius 2 is 1.85 bits per heavy atom. The second kappa shape index (κ2) is 12.6. The van der Waals surface area contributed by atoms with Gasteiger partial charge in [-0.2, -0.15) is 4.68 Å². The molecule has 10 heteroatoms. The van der Waals surface area contributed by atoms with Gasteiger partial charge >= 0.3 is 5.69 Å². The number of carbonyl (C=O) groups excluding carboxylic acids is 1. The van der Waals surface area contributed by atoms with Crippen LogP contribution in [0, 0.1) is 5.82 Å². The van der Waals surface area contributed by atoms with E-state index in [1.54, 1.807) is 0 Å². The zero-order valence-corrected chi connectivity index (χ0v) is 23.5. The molecule has 3 aromatic rings. The highest BCUT2D eigenvalue weighted by molar-refractivity contribution is 5.76. The van der Waals surface area contributed by atoms with Crippen molar-refractivity contribution in [1.82, 2.24) is 29.5 Å². The Labute approximate surface area is 229 Å². The molecule has 39 heavy (non-hydrogen) atoms. The maximum atomic E-state index is 14.1. The highest BCUT2D eigenvalue weighted by atomic mass is 19.1. The minimum atomic E-state index is -0.523. The summed E-state index contributed by atoms with van der Waals surface area (Å²) in [5.41, 5.74) is 1.79. The third kappa shape index (κ3) is 6.93. The molecule has 1 N–H and O–H groups in total. The third-order valence-corrected chi connectivity index (χ3v) is 7.21. The first-order chi connectivity index (χ1) is 18.7. The quantitative estimate of drug-likeness (QED) is 0.427. The Bertz CT molecular complexity index is 1320. The second-order valence-corrected chi connectivity index (χ2v) is 10.6. The number of hydrogen-bond donors (Lipinski definition) is 1. The highest BCUT2D eigenvalue weighted by Gasteiger charge is 2.22. The van der Waals surface area contributed by atoms with Gasteiger partial charge < -0.3 is 19.9 Å². The Morgan fingerprint density at radius 1 is 1.15 bits per heavy atom. The van der Waals surface area contributed by atoms with Crippen molar-refractivity contribution in [3.8, 4) is 22.8 Å². The molecule has 0 radical (unpaired) electrons. The van der Waals surface area contributed by atoms with Gasteiger partial charge in [0.2, 0.25) is 5.91 Å². The van der Waals surface area contributed by atoms with E-state index in [1.165, 1.54) is 53.0 Å². The van der Waals surface area contributed by atoms with E-state index in [0.29, 0.717) is 17.3 Å². The van der Waals surface area contributed by atoms with Gasteiger partial charge in [-0.05, 0) is 96.2 Å². The molecule has 1 amide bonds. The van der Waals surface area contributed by atoms with Crippen LogP contribution in [0.3, 0.4) is 0 Å². The molecule has 210 valence electrons. The highest BCUT2D eigenvalue weighted by Crippen LogP contribution is 2.25. The summed E-state index contributed by atoms with van der Waals surface area (Å²) in [6.45, 7) is 6.70. The summed E-state index contributed by atoms with van der Waals surface area (Å²) in [7, 11) is 5.67. The Kier molecular flexibility index (Phi) is 9.19. The molecule has 0 spiro atoms. The molecule has 2 heterocycles. The molecule has 9 nitrogen and oxygen atoms in total. The summed E-state index contributed by atoms with van der Waals surface area (Å²) in [6, 6.07) is 12.6. The van der Waals surface area contributed by atoms with E-state index in [1.807, 2.05) is 38.1 Å². The van der Waals surface area contributed by atoms with Gasteiger partial charge in [-0.3, -0.25) is 9.36 Å². The molecular weight excluding hydrogens is 499 g/mol. The summed E-state index contributed by atoms with van der Waals surface area (Å²) in [5, 5.41) is 7.36. The fraction of sp³-hybridized carbons (Fsp3) is 0.483. The Hall–Kier alpha value is -3.50. The SMILES string of the molecule is COc1cc(-c2nn(-c3ccc(CCN4CCC(N(C)C)CC4)cc3)c(=O)n2CC(=O)NC(C)C)ccc1F. The molecule has 1 aromatic heterocycles. The Morgan fingerprint density at radius 3 is 2.46 bits per heavy atom. The number of nitrogens with one attached hydrogen (secondary N) is 1. The van der Waals surface area contributed by atoms with E-state index in [2.05, 4.69) is 34.3 Å². The first-order valence-electron chi connectivity index (χ1n) is 13.5. The summed E-state index contributed by atoms with van der Waals surface area (Å²) in [6.07, 6.45) is 3.30. The van der Waals surface area contributed by atoms with Crippen molar-refractivity contribution >= 4 is 5.91 Å². The monoisotopic (exact) mass is 538 g/mol. The fourth-order valence-electron chi connectivity index (χ4n) is 4.98. The van der Waals surface area contributed by atoms with Crippen LogP contribution in [0.4, 0.5) is 4.39 Å². The standard InChI is InChI=1S/C29H39FN6O3/c1-20(2)31-27(37)19-35-28(22-8-11-25(30)26(18-22)39-5)32-36(29(35)38)24-9-6-21(7-10-24)12-15-34-16-13-23(14-17-34)33(3)4/h6-11,18,20,23H,12-17,19H2,1-5H3,(H,31,37). The first-order valence-corrected chi connectivity index (χ1v) is 13.5. The molecule has 0 bridgehead atoms. The lowest BCUT2D eigenvalue weighted by molar-refractivity contribution is -0.122. The van der Waals surface area contributed by atoms with Gasteiger partial charge in [-0.25, -0.2) is 9.18 Å². The maximum absolute atomic E-state index is 14.1. The number of halogens is 1. The molecule has 0 unspecified atom stereocenters. The molecule has 2 aromatic carbocycles. The van der Waals surface area contributed by atoms with E-state index in [0.717, 1.165) is 26.1 Å². The number of hydrogen-bond acceptors (Lipinski definition) is 6. The van der Waals surface area contributed by atoms with Crippen molar-refractivity contribution < 1.29 is 13.9 Å². The van der Waals surface area contributed by atoms with Gasteiger partial charge in [0.25, 0.3) is 0 Å². The molecule has 0 aliphatic carbocycles. The minimum absolute atomic E-state index is 0.0305. The molecule has 0 saturated carbocycles. The number of amides is 1. The molecule has 0 atom stereocenters. The summed E-state index contributed by atoms with van der Waals surface area (Å²) in [5.74, 6) is -0.554. The van der Waals surface area contributed by atoms with Crippen LogP contribution >= 0.6 is 0 Å². The van der Waals surface area contributed by atoms with Crippen LogP contribution in [0.2, 0.25) is 0 Å². The number of carbonyl (C=O) groups is 1. The fourth-order valence-corrected chi connectivity index (χ4v) is 4.98. The first kappa shape index (κ1) is 28.5. The number of nitrogens with zero attached hydrogens (tertiary/aromatic N) is 5. The largest absolute Gasteiger partial charge is 0.494 e. The van der Waals surface area contributed by atoms with Crippen molar-refractivity contribution in [1.29, 1.82) is 0 Å². The van der Waals surface area contributed by atoms with Crippen LogP contribution < -0.4 is 15.7 Å². The number of rotatable bonds is 10. The topological polar surface area (TPSA) is 84.6 Å². The van der Waals surface area contributed by atoms with Gasteiger partial charge in [0.15, 0.2) is 17.4 Å². The summed E-state index contributed by atoms with van der Waals surface area (Å²) in [4.78, 5) is 30.9. The number of piperidine rings is 1. The van der Waals surface area contributed by atoms with Gasteiger partial charge in [0.05, 0.1) is 12.8 Å². The third-order valence-electron chi connectivity index (χ3n) is 7.21. The number of aromatic nitrogens is 3. The van der Waals surface area contributed by atoms with Crippen LogP contribution in [0.5, 0.6) is 5.75 Å². The predicted octanol–water partition coefficient (Wildman–Crippen LogP) is 2.94. The predicted molar refractivity (Wildman–Crippen MR) is 150 cm³/mol. The number of benzene rings is 2. The van der Waals surface area contributed by atoms with Gasteiger partial charge in [-0.15, -0.1) is 5.10 Å². The maximum Gasteiger partial charge on any atom is 0.351 e. The number of likely N-dealkylation sites (tertiary alicyclic amines) is 1. The van der Waals surface area contributed by atoms with Gasteiger partial charge in [0.1, 0.15) is 6.54 Å². The normalized spacial score (nSPS) is 14.8. The lowest BCUT2D eigenvalue weighted by Crippen LogP contribution is -2.42. The molecule has 1 fully saturated rings. The van der Waals surface area contributed by atoms with Crippen molar-refractivity contribution in [2.75, 3.05) is 40.8 Å². The molecule has 1 aliphatic heterocycles. The van der Waals surface area contributed by atoms with Crippen LogP contribution in [0.1, 0.15) is 32.3 Å². The van der Waals surface area contributed by atoms with Crippen molar-refractivity contribution in [2.45, 2.75) is 51.7 Å². The molecular formula is C29H39FN6O3. The second-order valence-electron chi connectivity index (χ2n) is 10.6. The average molecular weight is 539 g/mol. The zero-order chi connectivity index (χ0) is 28.1. The number of methoxy groups -OCH3 is 1. The summed E-state index contributed by atoms with van der Waals surface area (Å²) < 4.78 is 21.8. The van der Waals surface area contributed by atoms with Gasteiger partial charge in [0, 0.05) is 24.2 Å². The molecule has 1 saturated heterocycles. The van der Waals surface area contributed by atoms with Crippen molar-refractivity contribution in [3.63, 3.8) is 0 Å². The van der Waals surface area contributed by atoms with E-state index in [9.17, 15) is 14.0 Å². The summed E-state index contributed by atoms with van der Waals surface area (Å²) >= 11 is 0. The zero-order valence-electron chi connectivity index (χ0n) is 23.5. The van der Waals surface area contributed by atoms with E-state index in [4.69, 9.17) is 4.74 Å². The molecule has 4 rings (SSSR count). The number of ether oxygens (including phenoxy) is 1. The van der Waals surface area contributed by atoms with Crippen molar-refractivity contribution in [2.24, 2.45) is 0 Å². The lowest BCUT2D eigenvalue weighted by atomic mass is 10.0. The van der Waals surface area contributed by atoms with Crippen molar-refractivity contribution in [3.05, 3.63) is 64.3 Å². The molecule has 1 aliphatic rings. The average Bonchev–Trinajstić information content (AvgIpc) is 3.23. The van der Waals surface area contributed by atoms with Crippen LogP contribution in [-0.2, 0) is 17.8 Å². The minimum Gasteiger partial charge on any atom is -0.494 e.